The average Bonchev–Trinajstić information content (AvgIpc) is 2.52. The molecule has 122 valence electrons. The number of amides is 1. The van der Waals surface area contributed by atoms with Gasteiger partial charge in [0.1, 0.15) is 12.6 Å². The Morgan fingerprint density at radius 1 is 1.18 bits per heavy atom. The Morgan fingerprint density at radius 3 is 2.55 bits per heavy atom. The molecule has 2 N–H and O–H groups in total. The first-order valence-electron chi connectivity index (χ1n) is 6.90. The maximum Gasteiger partial charge on any atom is 0.408 e. The molecule has 1 rings (SSSR count). The quantitative estimate of drug-likeness (QED) is 0.635. The molecule has 0 radical (unpaired) electrons. The lowest BCUT2D eigenvalue weighted by Crippen LogP contribution is -2.41. The predicted molar refractivity (Wildman–Crippen MR) is 78.5 cm³/mol. The SMILES string of the molecule is COCCOCCC(NC(=O)OCc1ccccc1)C(=O)O. The highest BCUT2D eigenvalue weighted by Crippen LogP contribution is 2.01. The molecule has 1 atom stereocenters. The number of aliphatic carboxylic acids is 1. The number of methoxy groups -OCH3 is 1. The van der Waals surface area contributed by atoms with Crippen LogP contribution in [-0.4, -0.2) is 50.1 Å². The number of hydrogen-bond donors (Lipinski definition) is 2. The molecular weight excluding hydrogens is 290 g/mol. The maximum absolute atomic E-state index is 11.6. The minimum absolute atomic E-state index is 0.0867. The van der Waals surface area contributed by atoms with Crippen molar-refractivity contribution in [2.75, 3.05) is 26.9 Å². The summed E-state index contributed by atoms with van der Waals surface area (Å²) in [5.41, 5.74) is 0.826. The van der Waals surface area contributed by atoms with Crippen molar-refractivity contribution < 1.29 is 28.9 Å². The van der Waals surface area contributed by atoms with Gasteiger partial charge in [0.2, 0.25) is 0 Å². The van der Waals surface area contributed by atoms with Crippen LogP contribution >= 0.6 is 0 Å². The molecule has 0 saturated carbocycles. The van der Waals surface area contributed by atoms with E-state index < -0.39 is 18.1 Å². The van der Waals surface area contributed by atoms with Crippen LogP contribution < -0.4 is 5.32 Å². The molecule has 0 heterocycles. The molecular formula is C15H21NO6. The zero-order valence-electron chi connectivity index (χ0n) is 12.5. The summed E-state index contributed by atoms with van der Waals surface area (Å²) in [6.07, 6.45) is -0.618. The fourth-order valence-electron chi connectivity index (χ4n) is 1.61. The van der Waals surface area contributed by atoms with Gasteiger partial charge in [-0.25, -0.2) is 9.59 Å². The number of carboxylic acid groups (broad SMARTS) is 1. The summed E-state index contributed by atoms with van der Waals surface area (Å²) >= 11 is 0. The van der Waals surface area contributed by atoms with Gasteiger partial charge in [-0.3, -0.25) is 0 Å². The number of rotatable bonds is 10. The molecule has 0 aliphatic carbocycles. The molecule has 0 aliphatic rings. The maximum atomic E-state index is 11.6. The lowest BCUT2D eigenvalue weighted by Gasteiger charge is -2.14. The van der Waals surface area contributed by atoms with Gasteiger partial charge < -0.3 is 24.6 Å². The summed E-state index contributed by atoms with van der Waals surface area (Å²) in [4.78, 5) is 22.7. The van der Waals surface area contributed by atoms with Gasteiger partial charge in [0.15, 0.2) is 0 Å². The zero-order chi connectivity index (χ0) is 16.2. The third-order valence-corrected chi connectivity index (χ3v) is 2.79. The largest absolute Gasteiger partial charge is 0.480 e. The number of benzene rings is 1. The average molecular weight is 311 g/mol. The van der Waals surface area contributed by atoms with E-state index in [-0.39, 0.29) is 19.6 Å². The number of carboxylic acids is 1. The first-order valence-corrected chi connectivity index (χ1v) is 6.90. The highest BCUT2D eigenvalue weighted by Gasteiger charge is 2.20. The van der Waals surface area contributed by atoms with E-state index in [1.54, 1.807) is 7.11 Å². The van der Waals surface area contributed by atoms with Gasteiger partial charge in [-0.05, 0) is 5.56 Å². The lowest BCUT2D eigenvalue weighted by molar-refractivity contribution is -0.139. The van der Waals surface area contributed by atoms with E-state index in [0.29, 0.717) is 13.2 Å². The van der Waals surface area contributed by atoms with Crippen LogP contribution in [-0.2, 0) is 25.6 Å². The first-order chi connectivity index (χ1) is 10.6. The molecule has 1 amide bonds. The summed E-state index contributed by atoms with van der Waals surface area (Å²) in [5.74, 6) is -1.13. The van der Waals surface area contributed by atoms with Gasteiger partial charge in [0.05, 0.1) is 13.2 Å². The Morgan fingerprint density at radius 2 is 1.91 bits per heavy atom. The van der Waals surface area contributed by atoms with Crippen LogP contribution in [0.25, 0.3) is 0 Å². The second-order valence-corrected chi connectivity index (χ2v) is 4.49. The Kier molecular flexibility index (Phi) is 8.63. The van der Waals surface area contributed by atoms with Crippen LogP contribution in [0.5, 0.6) is 0 Å². The number of carbonyl (C=O) groups excluding carboxylic acids is 1. The van der Waals surface area contributed by atoms with Crippen LogP contribution in [0.3, 0.4) is 0 Å². The summed E-state index contributed by atoms with van der Waals surface area (Å²) in [5, 5.41) is 11.4. The van der Waals surface area contributed by atoms with Crippen LogP contribution in [0.15, 0.2) is 30.3 Å². The lowest BCUT2D eigenvalue weighted by atomic mass is 10.2. The van der Waals surface area contributed by atoms with E-state index in [1.807, 2.05) is 30.3 Å². The summed E-state index contributed by atoms with van der Waals surface area (Å²) in [7, 11) is 1.55. The van der Waals surface area contributed by atoms with E-state index in [9.17, 15) is 9.59 Å². The third-order valence-electron chi connectivity index (χ3n) is 2.79. The van der Waals surface area contributed by atoms with Crippen LogP contribution in [0.2, 0.25) is 0 Å². The van der Waals surface area contributed by atoms with Crippen molar-refractivity contribution in [1.82, 2.24) is 5.32 Å². The van der Waals surface area contributed by atoms with Gasteiger partial charge in [-0.15, -0.1) is 0 Å². The Labute approximate surface area is 129 Å². The smallest absolute Gasteiger partial charge is 0.408 e. The van der Waals surface area contributed by atoms with Crippen molar-refractivity contribution in [3.05, 3.63) is 35.9 Å². The monoisotopic (exact) mass is 311 g/mol. The molecule has 0 aliphatic heterocycles. The minimum atomic E-state index is -1.13. The highest BCUT2D eigenvalue weighted by molar-refractivity contribution is 5.79. The number of nitrogens with one attached hydrogen (secondary N) is 1. The number of hydrogen-bond acceptors (Lipinski definition) is 5. The van der Waals surface area contributed by atoms with Crippen molar-refractivity contribution in [1.29, 1.82) is 0 Å². The number of carbonyl (C=O) groups is 2. The summed E-state index contributed by atoms with van der Waals surface area (Å²) in [6.45, 7) is 1.11. The van der Waals surface area contributed by atoms with Gasteiger partial charge in [-0.2, -0.15) is 0 Å². The topological polar surface area (TPSA) is 94.1 Å². The summed E-state index contributed by atoms with van der Waals surface area (Å²) < 4.78 is 15.0. The second-order valence-electron chi connectivity index (χ2n) is 4.49. The van der Waals surface area contributed by atoms with Gasteiger partial charge in [0.25, 0.3) is 0 Å². The molecule has 0 aromatic heterocycles. The number of ether oxygens (including phenoxy) is 3. The van der Waals surface area contributed by atoms with E-state index in [0.717, 1.165) is 5.56 Å². The van der Waals surface area contributed by atoms with E-state index in [4.69, 9.17) is 19.3 Å². The van der Waals surface area contributed by atoms with Crippen molar-refractivity contribution >= 4 is 12.1 Å². The van der Waals surface area contributed by atoms with E-state index in [1.165, 1.54) is 0 Å². The molecule has 1 aromatic rings. The normalized spacial score (nSPS) is 11.7. The molecule has 1 unspecified atom stereocenters. The van der Waals surface area contributed by atoms with Crippen molar-refractivity contribution in [3.63, 3.8) is 0 Å². The van der Waals surface area contributed by atoms with Gasteiger partial charge in [0, 0.05) is 20.1 Å². The molecule has 0 saturated heterocycles. The van der Waals surface area contributed by atoms with E-state index >= 15 is 0 Å². The molecule has 0 fully saturated rings. The van der Waals surface area contributed by atoms with Crippen LogP contribution in [0, 0.1) is 0 Å². The third kappa shape index (κ3) is 7.61. The fourth-order valence-corrected chi connectivity index (χ4v) is 1.61. The second kappa shape index (κ2) is 10.6. The Hall–Kier alpha value is -2.12. The van der Waals surface area contributed by atoms with Gasteiger partial charge in [-0.1, -0.05) is 30.3 Å². The zero-order valence-corrected chi connectivity index (χ0v) is 12.5. The molecule has 0 spiro atoms. The summed E-state index contributed by atoms with van der Waals surface area (Å²) in [6, 6.07) is 8.08. The molecule has 7 nitrogen and oxygen atoms in total. The van der Waals surface area contributed by atoms with Crippen molar-refractivity contribution in [3.8, 4) is 0 Å². The molecule has 22 heavy (non-hydrogen) atoms. The molecule has 1 aromatic carbocycles. The Balaban J connectivity index is 2.29. The highest BCUT2D eigenvalue weighted by atomic mass is 16.5. The van der Waals surface area contributed by atoms with Crippen molar-refractivity contribution in [2.24, 2.45) is 0 Å². The Bertz CT molecular complexity index is 451. The number of alkyl carbamates (subject to hydrolysis) is 1. The molecule has 7 heteroatoms. The predicted octanol–water partition coefficient (Wildman–Crippen LogP) is 1.42. The standard InChI is InChI=1S/C15H21NO6/c1-20-9-10-21-8-7-13(14(17)18)16-15(19)22-11-12-5-3-2-4-6-12/h2-6,13H,7-11H2,1H3,(H,16,19)(H,17,18). The van der Waals surface area contributed by atoms with Gasteiger partial charge >= 0.3 is 12.1 Å². The minimum Gasteiger partial charge on any atom is -0.480 e. The van der Waals surface area contributed by atoms with Crippen LogP contribution in [0.4, 0.5) is 4.79 Å². The van der Waals surface area contributed by atoms with E-state index in [2.05, 4.69) is 5.32 Å². The van der Waals surface area contributed by atoms with Crippen LogP contribution in [0.1, 0.15) is 12.0 Å². The van der Waals surface area contributed by atoms with Crippen molar-refractivity contribution in [2.45, 2.75) is 19.1 Å². The fraction of sp³-hybridized carbons (Fsp3) is 0.467. The molecule has 0 bridgehead atoms. The first kappa shape index (κ1) is 17.9.